The highest BCUT2D eigenvalue weighted by molar-refractivity contribution is 5.30. The number of benzene rings is 1. The molecule has 0 unspecified atom stereocenters. The Morgan fingerprint density at radius 3 is 2.59 bits per heavy atom. The summed E-state index contributed by atoms with van der Waals surface area (Å²) in [5.74, 6) is 2.20. The number of piperidine rings is 2. The molecule has 5 heteroatoms. The number of hydrogen-bond acceptors (Lipinski definition) is 5. The van der Waals surface area contributed by atoms with Gasteiger partial charge in [0.25, 0.3) is 5.95 Å². The van der Waals surface area contributed by atoms with Crippen LogP contribution in [0, 0.1) is 5.41 Å². The topological polar surface area (TPSA) is 45.4 Å². The molecule has 5 nitrogen and oxygen atoms in total. The van der Waals surface area contributed by atoms with E-state index in [-0.39, 0.29) is 0 Å². The monoisotopic (exact) mass is 366 g/mol. The van der Waals surface area contributed by atoms with Gasteiger partial charge in [0, 0.05) is 38.6 Å². The third-order valence-electron chi connectivity index (χ3n) is 6.87. The first-order valence-electron chi connectivity index (χ1n) is 10.6. The van der Waals surface area contributed by atoms with Crippen LogP contribution in [0.5, 0.6) is 0 Å². The second kappa shape index (κ2) is 6.93. The molecule has 1 aliphatic carbocycles. The van der Waals surface area contributed by atoms with Crippen molar-refractivity contribution >= 4 is 5.95 Å². The van der Waals surface area contributed by atoms with Crippen LogP contribution in [-0.2, 0) is 6.42 Å². The van der Waals surface area contributed by atoms with Gasteiger partial charge in [0.05, 0.1) is 0 Å². The molecule has 2 saturated heterocycles. The van der Waals surface area contributed by atoms with E-state index in [9.17, 15) is 0 Å². The van der Waals surface area contributed by atoms with Crippen molar-refractivity contribution in [1.82, 2.24) is 15.0 Å². The molecule has 1 saturated carbocycles. The van der Waals surface area contributed by atoms with Gasteiger partial charge in [0.1, 0.15) is 0 Å². The Hall–Kier alpha value is -1.88. The first-order valence-corrected chi connectivity index (χ1v) is 10.6. The number of hydrogen-bond donors (Lipinski definition) is 0. The van der Waals surface area contributed by atoms with Crippen LogP contribution < -0.4 is 4.90 Å². The standard InChI is InChI=1S/C22H30N4O/c1-2-20-23-21(24-27-20)25-12-10-22(11-13-25)14-18(17-6-4-3-5-7-17)15-26(16-22)19-8-9-19/h3-7,18-19H,2,8-16H2,1H3/t18-/m0/s1. The molecule has 2 aliphatic heterocycles. The van der Waals surface area contributed by atoms with E-state index in [1.807, 2.05) is 0 Å². The molecule has 27 heavy (non-hydrogen) atoms. The number of anilines is 1. The van der Waals surface area contributed by atoms with Gasteiger partial charge in [-0.3, -0.25) is 4.90 Å². The molecule has 5 rings (SSSR count). The zero-order valence-corrected chi connectivity index (χ0v) is 16.3. The van der Waals surface area contributed by atoms with Gasteiger partial charge < -0.3 is 9.42 Å². The zero-order chi connectivity index (χ0) is 18.3. The molecule has 3 fully saturated rings. The molecule has 0 bridgehead atoms. The Bertz CT molecular complexity index is 762. The summed E-state index contributed by atoms with van der Waals surface area (Å²) in [7, 11) is 0. The Balaban J connectivity index is 1.32. The first kappa shape index (κ1) is 17.2. The fourth-order valence-electron chi connectivity index (χ4n) is 5.16. The number of nitrogens with zero attached hydrogens (tertiary/aromatic N) is 4. The minimum absolute atomic E-state index is 0.440. The second-order valence-electron chi connectivity index (χ2n) is 8.80. The smallest absolute Gasteiger partial charge is 0.266 e. The Morgan fingerprint density at radius 2 is 1.93 bits per heavy atom. The van der Waals surface area contributed by atoms with E-state index in [0.717, 1.165) is 37.4 Å². The van der Waals surface area contributed by atoms with E-state index in [0.29, 0.717) is 11.3 Å². The number of rotatable bonds is 4. The first-order chi connectivity index (χ1) is 13.2. The van der Waals surface area contributed by atoms with Crippen molar-refractivity contribution in [2.75, 3.05) is 31.1 Å². The Morgan fingerprint density at radius 1 is 1.15 bits per heavy atom. The predicted octanol–water partition coefficient (Wildman–Crippen LogP) is 3.87. The lowest BCUT2D eigenvalue weighted by Gasteiger charge is -2.50. The number of likely N-dealkylation sites (tertiary alicyclic amines) is 1. The normalized spacial score (nSPS) is 25.8. The number of aromatic nitrogens is 2. The summed E-state index contributed by atoms with van der Waals surface area (Å²) in [6.45, 7) is 6.66. The number of aryl methyl sites for hydroxylation is 1. The van der Waals surface area contributed by atoms with E-state index >= 15 is 0 Å². The largest absolute Gasteiger partial charge is 0.338 e. The van der Waals surface area contributed by atoms with Gasteiger partial charge in [-0.2, -0.15) is 4.98 Å². The third kappa shape index (κ3) is 3.49. The lowest BCUT2D eigenvalue weighted by Crippen LogP contribution is -2.52. The summed E-state index contributed by atoms with van der Waals surface area (Å²) in [6, 6.07) is 12.0. The summed E-state index contributed by atoms with van der Waals surface area (Å²) >= 11 is 0. The van der Waals surface area contributed by atoms with Crippen LogP contribution in [-0.4, -0.2) is 47.3 Å². The molecular weight excluding hydrogens is 336 g/mol. The Labute approximate surface area is 161 Å². The van der Waals surface area contributed by atoms with Gasteiger partial charge in [-0.25, -0.2) is 0 Å². The molecule has 1 atom stereocenters. The van der Waals surface area contributed by atoms with E-state index in [1.54, 1.807) is 0 Å². The molecule has 144 valence electrons. The van der Waals surface area contributed by atoms with Gasteiger partial charge in [-0.15, -0.1) is 0 Å². The highest BCUT2D eigenvalue weighted by atomic mass is 16.5. The molecule has 2 aromatic rings. The van der Waals surface area contributed by atoms with Crippen molar-refractivity contribution in [2.45, 2.75) is 57.4 Å². The van der Waals surface area contributed by atoms with E-state index in [4.69, 9.17) is 4.52 Å². The lowest BCUT2D eigenvalue weighted by atomic mass is 9.68. The van der Waals surface area contributed by atoms with Gasteiger partial charge in [-0.1, -0.05) is 37.3 Å². The minimum Gasteiger partial charge on any atom is -0.338 e. The maximum atomic E-state index is 5.32. The third-order valence-corrected chi connectivity index (χ3v) is 6.87. The van der Waals surface area contributed by atoms with Crippen molar-refractivity contribution in [1.29, 1.82) is 0 Å². The van der Waals surface area contributed by atoms with Gasteiger partial charge in [0.15, 0.2) is 0 Å². The van der Waals surface area contributed by atoms with Crippen LogP contribution in [0.4, 0.5) is 5.95 Å². The van der Waals surface area contributed by atoms with Gasteiger partial charge in [-0.05, 0) is 54.2 Å². The summed E-state index contributed by atoms with van der Waals surface area (Å²) in [6.07, 6.45) is 7.38. The average molecular weight is 367 g/mol. The molecule has 0 N–H and O–H groups in total. The molecule has 0 radical (unpaired) electrons. The Kier molecular flexibility index (Phi) is 4.43. The summed E-state index contributed by atoms with van der Waals surface area (Å²) in [5.41, 5.74) is 1.96. The summed E-state index contributed by atoms with van der Waals surface area (Å²) in [5, 5.41) is 4.19. The maximum absolute atomic E-state index is 5.32. The van der Waals surface area contributed by atoms with Crippen LogP contribution in [0.15, 0.2) is 34.9 Å². The second-order valence-corrected chi connectivity index (χ2v) is 8.80. The summed E-state index contributed by atoms with van der Waals surface area (Å²) in [4.78, 5) is 9.67. The van der Waals surface area contributed by atoms with Crippen molar-refractivity contribution < 1.29 is 4.52 Å². The molecular formula is C22H30N4O. The molecule has 1 aromatic heterocycles. The fourth-order valence-corrected chi connectivity index (χ4v) is 5.16. The van der Waals surface area contributed by atoms with Crippen molar-refractivity contribution in [3.05, 3.63) is 41.8 Å². The quantitative estimate of drug-likeness (QED) is 0.822. The highest BCUT2D eigenvalue weighted by Crippen LogP contribution is 2.47. The van der Waals surface area contributed by atoms with Crippen molar-refractivity contribution in [2.24, 2.45) is 5.41 Å². The highest BCUT2D eigenvalue weighted by Gasteiger charge is 2.45. The molecule has 0 amide bonds. The zero-order valence-electron chi connectivity index (χ0n) is 16.3. The van der Waals surface area contributed by atoms with E-state index < -0.39 is 0 Å². The fraction of sp³-hybridized carbons (Fsp3) is 0.636. The van der Waals surface area contributed by atoms with Gasteiger partial charge in [0.2, 0.25) is 5.89 Å². The maximum Gasteiger partial charge on any atom is 0.266 e. The van der Waals surface area contributed by atoms with Crippen molar-refractivity contribution in [3.8, 4) is 0 Å². The predicted molar refractivity (Wildman–Crippen MR) is 106 cm³/mol. The van der Waals surface area contributed by atoms with Crippen LogP contribution in [0.3, 0.4) is 0 Å². The van der Waals surface area contributed by atoms with Crippen LogP contribution in [0.25, 0.3) is 0 Å². The van der Waals surface area contributed by atoms with Crippen LogP contribution in [0.2, 0.25) is 0 Å². The van der Waals surface area contributed by atoms with Crippen molar-refractivity contribution in [3.63, 3.8) is 0 Å². The average Bonchev–Trinajstić information content (AvgIpc) is 3.46. The molecule has 1 aromatic carbocycles. The minimum atomic E-state index is 0.440. The van der Waals surface area contributed by atoms with Gasteiger partial charge >= 0.3 is 0 Å². The van der Waals surface area contributed by atoms with E-state index in [1.165, 1.54) is 50.8 Å². The molecule has 1 spiro atoms. The molecule has 3 aliphatic rings. The lowest BCUT2D eigenvalue weighted by molar-refractivity contribution is 0.0458. The van der Waals surface area contributed by atoms with Crippen LogP contribution >= 0.6 is 0 Å². The SMILES string of the molecule is CCc1nc(N2CCC3(CC2)C[C@H](c2ccccc2)CN(C2CC2)C3)no1. The van der Waals surface area contributed by atoms with E-state index in [2.05, 4.69) is 57.2 Å². The van der Waals surface area contributed by atoms with Crippen LogP contribution in [0.1, 0.15) is 56.4 Å². The summed E-state index contributed by atoms with van der Waals surface area (Å²) < 4.78 is 5.32. The molecule has 3 heterocycles.